The molecule has 0 radical (unpaired) electrons. The predicted octanol–water partition coefficient (Wildman–Crippen LogP) is 4.64. The van der Waals surface area contributed by atoms with Gasteiger partial charge < -0.3 is 9.88 Å². The third kappa shape index (κ3) is 2.96. The molecule has 0 saturated heterocycles. The molecule has 0 spiro atoms. The monoisotopic (exact) mass is 317 g/mol. The van der Waals surface area contributed by atoms with E-state index in [-0.39, 0.29) is 6.04 Å². The lowest BCUT2D eigenvalue weighted by Crippen LogP contribution is -2.15. The Kier molecular flexibility index (Phi) is 3.99. The minimum absolute atomic E-state index is 0.0174. The number of aromatic nitrogens is 2. The van der Waals surface area contributed by atoms with Crippen LogP contribution in [0.25, 0.3) is 0 Å². The van der Waals surface area contributed by atoms with Crippen LogP contribution in [0.3, 0.4) is 0 Å². The van der Waals surface area contributed by atoms with Gasteiger partial charge in [-0.25, -0.2) is 4.98 Å². The summed E-state index contributed by atoms with van der Waals surface area (Å²) in [6, 6.07) is 10.2. The largest absolute Gasteiger partial charge is 0.371 e. The molecule has 1 aromatic carbocycles. The Bertz CT molecular complexity index is 734. The van der Waals surface area contributed by atoms with E-state index < -0.39 is 0 Å². The summed E-state index contributed by atoms with van der Waals surface area (Å²) < 4.78 is 2.03. The van der Waals surface area contributed by atoms with Gasteiger partial charge in [0.2, 0.25) is 0 Å². The van der Waals surface area contributed by atoms with Crippen molar-refractivity contribution in [3.05, 3.63) is 69.4 Å². The van der Waals surface area contributed by atoms with Gasteiger partial charge in [-0.2, -0.15) is 0 Å². The van der Waals surface area contributed by atoms with Crippen LogP contribution in [0.15, 0.2) is 48.1 Å². The molecule has 0 amide bonds. The summed E-state index contributed by atoms with van der Waals surface area (Å²) in [7, 11) is 2.01. The van der Waals surface area contributed by atoms with Crippen molar-refractivity contribution in [1.82, 2.24) is 9.55 Å². The number of nitrogens with one attached hydrogen (secondary N) is 1. The van der Waals surface area contributed by atoms with Gasteiger partial charge in [0.05, 0.1) is 0 Å². The molecular weight excluding hydrogens is 302 g/mol. The van der Waals surface area contributed by atoms with Gasteiger partial charge in [-0.3, -0.25) is 0 Å². The molecule has 108 valence electrons. The van der Waals surface area contributed by atoms with Crippen LogP contribution in [0, 0.1) is 6.92 Å². The van der Waals surface area contributed by atoms with Crippen LogP contribution < -0.4 is 5.32 Å². The second-order valence-electron chi connectivity index (χ2n) is 4.95. The number of thiophene rings is 1. The molecule has 3 nitrogen and oxygen atoms in total. The van der Waals surface area contributed by atoms with E-state index in [0.717, 1.165) is 22.1 Å². The van der Waals surface area contributed by atoms with E-state index in [2.05, 4.69) is 27.8 Å². The summed E-state index contributed by atoms with van der Waals surface area (Å²) in [5.74, 6) is 0.981. The van der Waals surface area contributed by atoms with Gasteiger partial charge in [-0.05, 0) is 36.1 Å². The average Bonchev–Trinajstić information content (AvgIpc) is 3.12. The highest BCUT2D eigenvalue weighted by molar-refractivity contribution is 7.10. The first-order chi connectivity index (χ1) is 10.1. The summed E-state index contributed by atoms with van der Waals surface area (Å²) in [5, 5.41) is 6.38. The van der Waals surface area contributed by atoms with Gasteiger partial charge in [0.15, 0.2) is 0 Å². The maximum absolute atomic E-state index is 6.22. The fourth-order valence-electron chi connectivity index (χ4n) is 2.22. The lowest BCUT2D eigenvalue weighted by molar-refractivity contribution is 0.756. The van der Waals surface area contributed by atoms with Gasteiger partial charge in [0, 0.05) is 35.0 Å². The fourth-order valence-corrected chi connectivity index (χ4v) is 3.18. The topological polar surface area (TPSA) is 29.9 Å². The van der Waals surface area contributed by atoms with Crippen LogP contribution >= 0.6 is 22.9 Å². The SMILES string of the molecule is Cc1ccc(NC(c2cccs2)c2nccn2C)cc1Cl. The van der Waals surface area contributed by atoms with E-state index in [0.29, 0.717) is 0 Å². The number of rotatable bonds is 4. The van der Waals surface area contributed by atoms with Crippen molar-refractivity contribution >= 4 is 28.6 Å². The Hall–Kier alpha value is -1.78. The molecule has 0 aliphatic rings. The molecule has 2 aromatic heterocycles. The zero-order chi connectivity index (χ0) is 14.8. The zero-order valence-electron chi connectivity index (χ0n) is 11.9. The van der Waals surface area contributed by atoms with E-state index in [1.165, 1.54) is 4.88 Å². The summed E-state index contributed by atoms with van der Waals surface area (Å²) in [6.07, 6.45) is 3.78. The molecule has 0 bridgehead atoms. The molecule has 1 unspecified atom stereocenters. The predicted molar refractivity (Wildman–Crippen MR) is 89.2 cm³/mol. The zero-order valence-corrected chi connectivity index (χ0v) is 13.4. The van der Waals surface area contributed by atoms with Gasteiger partial charge in [0.25, 0.3) is 0 Å². The number of anilines is 1. The van der Waals surface area contributed by atoms with Crippen molar-refractivity contribution in [2.24, 2.45) is 7.05 Å². The number of nitrogens with zero attached hydrogens (tertiary/aromatic N) is 2. The quantitative estimate of drug-likeness (QED) is 0.759. The van der Waals surface area contributed by atoms with Crippen molar-refractivity contribution in [2.75, 3.05) is 5.32 Å². The van der Waals surface area contributed by atoms with Crippen molar-refractivity contribution in [3.63, 3.8) is 0 Å². The number of hydrogen-bond donors (Lipinski definition) is 1. The van der Waals surface area contributed by atoms with E-state index in [9.17, 15) is 0 Å². The van der Waals surface area contributed by atoms with E-state index in [4.69, 9.17) is 11.6 Å². The fraction of sp³-hybridized carbons (Fsp3) is 0.188. The van der Waals surface area contributed by atoms with Crippen LogP contribution in [-0.2, 0) is 7.05 Å². The van der Waals surface area contributed by atoms with Crippen LogP contribution in [0.1, 0.15) is 22.3 Å². The van der Waals surface area contributed by atoms with E-state index >= 15 is 0 Å². The summed E-state index contributed by atoms with van der Waals surface area (Å²) in [4.78, 5) is 5.71. The Balaban J connectivity index is 1.97. The van der Waals surface area contributed by atoms with Crippen LogP contribution in [0.2, 0.25) is 5.02 Å². The first-order valence-corrected chi connectivity index (χ1v) is 7.94. The van der Waals surface area contributed by atoms with Crippen molar-refractivity contribution < 1.29 is 0 Å². The Morgan fingerprint density at radius 1 is 1.33 bits per heavy atom. The van der Waals surface area contributed by atoms with Gasteiger partial charge >= 0.3 is 0 Å². The smallest absolute Gasteiger partial charge is 0.136 e. The molecule has 3 rings (SSSR count). The molecule has 5 heteroatoms. The van der Waals surface area contributed by atoms with Crippen LogP contribution in [-0.4, -0.2) is 9.55 Å². The molecular formula is C16H16ClN3S. The Morgan fingerprint density at radius 3 is 2.81 bits per heavy atom. The number of hydrogen-bond acceptors (Lipinski definition) is 3. The van der Waals surface area contributed by atoms with Crippen LogP contribution in [0.4, 0.5) is 5.69 Å². The average molecular weight is 318 g/mol. The molecule has 0 aliphatic carbocycles. The standard InChI is InChI=1S/C16H16ClN3S/c1-11-5-6-12(10-13(11)17)19-15(14-4-3-9-21-14)16-18-7-8-20(16)2/h3-10,15,19H,1-2H3. The maximum atomic E-state index is 6.22. The highest BCUT2D eigenvalue weighted by atomic mass is 35.5. The first kappa shape index (κ1) is 14.2. The number of aryl methyl sites for hydroxylation is 2. The number of benzene rings is 1. The first-order valence-electron chi connectivity index (χ1n) is 6.68. The van der Waals surface area contributed by atoms with Gasteiger partial charge in [-0.15, -0.1) is 11.3 Å². The third-order valence-electron chi connectivity index (χ3n) is 3.43. The summed E-state index contributed by atoms with van der Waals surface area (Å²) in [6.45, 7) is 2.00. The van der Waals surface area contributed by atoms with Crippen LogP contribution in [0.5, 0.6) is 0 Å². The Labute approximate surface area is 133 Å². The summed E-state index contributed by atoms with van der Waals surface area (Å²) >= 11 is 7.94. The van der Waals surface area contributed by atoms with E-state index in [1.807, 2.05) is 49.1 Å². The number of halogens is 1. The van der Waals surface area contributed by atoms with Crippen molar-refractivity contribution in [1.29, 1.82) is 0 Å². The molecule has 0 saturated carbocycles. The molecule has 1 N–H and O–H groups in total. The lowest BCUT2D eigenvalue weighted by atomic mass is 10.1. The minimum Gasteiger partial charge on any atom is -0.371 e. The molecule has 0 fully saturated rings. The second-order valence-corrected chi connectivity index (χ2v) is 6.34. The highest BCUT2D eigenvalue weighted by Gasteiger charge is 2.19. The second kappa shape index (κ2) is 5.92. The van der Waals surface area contributed by atoms with E-state index in [1.54, 1.807) is 11.3 Å². The summed E-state index contributed by atoms with van der Waals surface area (Å²) in [5.41, 5.74) is 2.07. The van der Waals surface area contributed by atoms with Gasteiger partial charge in [0.1, 0.15) is 11.9 Å². The molecule has 0 aliphatic heterocycles. The normalized spacial score (nSPS) is 12.3. The molecule has 1 atom stereocenters. The third-order valence-corrected chi connectivity index (χ3v) is 4.77. The lowest BCUT2D eigenvalue weighted by Gasteiger charge is -2.19. The van der Waals surface area contributed by atoms with Gasteiger partial charge in [-0.1, -0.05) is 23.7 Å². The molecule has 21 heavy (non-hydrogen) atoms. The molecule has 2 heterocycles. The Morgan fingerprint density at radius 2 is 2.19 bits per heavy atom. The van der Waals surface area contributed by atoms with Crippen molar-refractivity contribution in [2.45, 2.75) is 13.0 Å². The highest BCUT2D eigenvalue weighted by Crippen LogP contribution is 2.30. The van der Waals surface area contributed by atoms with Crippen molar-refractivity contribution in [3.8, 4) is 0 Å². The molecule has 3 aromatic rings. The minimum atomic E-state index is 0.0174. The maximum Gasteiger partial charge on any atom is 0.136 e. The number of imidazole rings is 1.